The van der Waals surface area contributed by atoms with E-state index in [1.165, 1.54) is 12.5 Å². The van der Waals surface area contributed by atoms with Crippen molar-refractivity contribution in [1.82, 2.24) is 15.5 Å². The summed E-state index contributed by atoms with van der Waals surface area (Å²) in [6.45, 7) is 11.1. The maximum absolute atomic E-state index is 13.3. The van der Waals surface area contributed by atoms with Gasteiger partial charge in [-0.15, -0.1) is 24.0 Å². The number of morpholine rings is 1. The summed E-state index contributed by atoms with van der Waals surface area (Å²) in [7, 11) is 0. The third kappa shape index (κ3) is 8.64. The second-order valence-corrected chi connectivity index (χ2v) is 6.37. The van der Waals surface area contributed by atoms with Crippen LogP contribution in [0, 0.1) is 12.7 Å². The normalized spacial score (nSPS) is 15.4. The molecule has 0 unspecified atom stereocenters. The fourth-order valence-electron chi connectivity index (χ4n) is 2.81. The molecule has 1 aromatic carbocycles. The van der Waals surface area contributed by atoms with Crippen molar-refractivity contribution in [2.75, 3.05) is 45.9 Å². The molecule has 1 aromatic rings. The molecular weight excluding hydrogens is 446 g/mol. The topological polar surface area (TPSA) is 48.9 Å². The molecule has 0 amide bonds. The van der Waals surface area contributed by atoms with Crippen LogP contribution >= 0.6 is 24.0 Å². The fraction of sp³-hybridized carbons (Fsp3) is 0.632. The van der Waals surface area contributed by atoms with Crippen molar-refractivity contribution < 1.29 is 9.13 Å². The molecule has 1 heterocycles. The van der Waals surface area contributed by atoms with Crippen molar-refractivity contribution in [1.29, 1.82) is 0 Å². The lowest BCUT2D eigenvalue weighted by Crippen LogP contribution is -2.39. The Morgan fingerprint density at radius 1 is 1.23 bits per heavy atom. The summed E-state index contributed by atoms with van der Waals surface area (Å²) in [5.41, 5.74) is 1.68. The van der Waals surface area contributed by atoms with Gasteiger partial charge in [-0.2, -0.15) is 0 Å². The van der Waals surface area contributed by atoms with Gasteiger partial charge in [0.05, 0.1) is 19.8 Å². The van der Waals surface area contributed by atoms with E-state index in [2.05, 4.69) is 27.4 Å². The molecule has 5 nitrogen and oxygen atoms in total. The van der Waals surface area contributed by atoms with E-state index in [1.807, 2.05) is 6.07 Å². The van der Waals surface area contributed by atoms with E-state index in [0.717, 1.165) is 63.9 Å². The van der Waals surface area contributed by atoms with Gasteiger partial charge < -0.3 is 15.4 Å². The molecule has 0 aromatic heterocycles. The first-order valence-electron chi connectivity index (χ1n) is 9.26. The van der Waals surface area contributed by atoms with Crippen LogP contribution in [0.15, 0.2) is 23.2 Å². The lowest BCUT2D eigenvalue weighted by molar-refractivity contribution is 0.0372. The molecule has 7 heteroatoms. The molecule has 0 bridgehead atoms. The number of rotatable bonds is 8. The summed E-state index contributed by atoms with van der Waals surface area (Å²) < 4.78 is 18.7. The lowest BCUT2D eigenvalue weighted by Gasteiger charge is -2.26. The molecule has 26 heavy (non-hydrogen) atoms. The van der Waals surface area contributed by atoms with Gasteiger partial charge in [0.2, 0.25) is 0 Å². The van der Waals surface area contributed by atoms with Crippen LogP contribution in [0.1, 0.15) is 30.9 Å². The van der Waals surface area contributed by atoms with Crippen LogP contribution in [-0.2, 0) is 11.3 Å². The third-order valence-electron chi connectivity index (χ3n) is 4.28. The number of hydrogen-bond donors (Lipinski definition) is 2. The average Bonchev–Trinajstić information content (AvgIpc) is 2.63. The monoisotopic (exact) mass is 478 g/mol. The number of aliphatic imine (C=N–C) groups is 1. The zero-order chi connectivity index (χ0) is 17.9. The number of unbranched alkanes of at least 4 members (excludes halogenated alkanes) is 1. The van der Waals surface area contributed by atoms with Gasteiger partial charge in [-0.05, 0) is 50.4 Å². The third-order valence-corrected chi connectivity index (χ3v) is 4.28. The van der Waals surface area contributed by atoms with Gasteiger partial charge in [-0.1, -0.05) is 12.1 Å². The number of halogens is 2. The van der Waals surface area contributed by atoms with Crippen molar-refractivity contribution in [3.8, 4) is 0 Å². The molecule has 0 atom stereocenters. The number of hydrogen-bond acceptors (Lipinski definition) is 3. The highest BCUT2D eigenvalue weighted by Crippen LogP contribution is 2.10. The van der Waals surface area contributed by atoms with Crippen LogP contribution in [-0.4, -0.2) is 56.8 Å². The van der Waals surface area contributed by atoms with Gasteiger partial charge >= 0.3 is 0 Å². The Bertz CT molecular complexity index is 550. The van der Waals surface area contributed by atoms with Crippen LogP contribution in [0.3, 0.4) is 0 Å². The van der Waals surface area contributed by atoms with Gasteiger partial charge in [0, 0.05) is 26.2 Å². The van der Waals surface area contributed by atoms with Gasteiger partial charge in [-0.3, -0.25) is 4.90 Å². The molecule has 1 aliphatic heterocycles. The molecule has 148 valence electrons. The van der Waals surface area contributed by atoms with E-state index in [1.54, 1.807) is 13.0 Å². The molecular formula is C19H32FIN4O. The first-order valence-corrected chi connectivity index (χ1v) is 9.26. The molecule has 2 rings (SSSR count). The summed E-state index contributed by atoms with van der Waals surface area (Å²) in [6, 6.07) is 5.15. The molecule has 2 N–H and O–H groups in total. The zero-order valence-electron chi connectivity index (χ0n) is 15.9. The number of benzene rings is 1. The first kappa shape index (κ1) is 23.1. The Morgan fingerprint density at radius 3 is 2.69 bits per heavy atom. The standard InChI is InChI=1S/C19H31FN4O.HI/c1-3-21-19(23-15-17-6-7-18(20)16(2)14-17)22-8-4-5-9-24-10-12-25-13-11-24;/h6-7,14H,3-5,8-13,15H2,1-2H3,(H2,21,22,23);1H. The Hall–Kier alpha value is -0.930. The van der Waals surface area contributed by atoms with Gasteiger partial charge in [0.15, 0.2) is 5.96 Å². The minimum absolute atomic E-state index is 0. The second kappa shape index (κ2) is 13.3. The summed E-state index contributed by atoms with van der Waals surface area (Å²) in [6.07, 6.45) is 2.28. The molecule has 1 aliphatic rings. The minimum atomic E-state index is -0.168. The van der Waals surface area contributed by atoms with Crippen molar-refractivity contribution >= 4 is 29.9 Å². The number of nitrogens with zero attached hydrogens (tertiary/aromatic N) is 2. The van der Waals surface area contributed by atoms with Crippen molar-refractivity contribution in [2.24, 2.45) is 4.99 Å². The SMILES string of the molecule is CCNC(=NCc1ccc(F)c(C)c1)NCCCCN1CCOCC1.I. The van der Waals surface area contributed by atoms with E-state index in [9.17, 15) is 4.39 Å². The largest absolute Gasteiger partial charge is 0.379 e. The molecule has 0 spiro atoms. The quantitative estimate of drug-likeness (QED) is 0.261. The Kier molecular flexibility index (Phi) is 11.8. The Balaban J connectivity index is 0.00000338. The molecule has 1 fully saturated rings. The molecule has 0 radical (unpaired) electrons. The van der Waals surface area contributed by atoms with E-state index < -0.39 is 0 Å². The van der Waals surface area contributed by atoms with E-state index >= 15 is 0 Å². The van der Waals surface area contributed by atoms with Crippen LogP contribution in [0.25, 0.3) is 0 Å². The van der Waals surface area contributed by atoms with Crippen LogP contribution in [0.2, 0.25) is 0 Å². The lowest BCUT2D eigenvalue weighted by atomic mass is 10.1. The smallest absolute Gasteiger partial charge is 0.191 e. The molecule has 0 aliphatic carbocycles. The Morgan fingerprint density at radius 2 is 2.00 bits per heavy atom. The highest BCUT2D eigenvalue weighted by Gasteiger charge is 2.09. The van der Waals surface area contributed by atoms with E-state index in [-0.39, 0.29) is 29.8 Å². The number of ether oxygens (including phenoxy) is 1. The first-order chi connectivity index (χ1) is 12.2. The van der Waals surface area contributed by atoms with Crippen LogP contribution in [0.5, 0.6) is 0 Å². The van der Waals surface area contributed by atoms with Crippen molar-refractivity contribution in [3.05, 3.63) is 35.1 Å². The fourth-order valence-corrected chi connectivity index (χ4v) is 2.81. The number of aryl methyl sites for hydroxylation is 1. The summed E-state index contributed by atoms with van der Waals surface area (Å²) in [5.74, 6) is 0.647. The predicted molar refractivity (Wildman–Crippen MR) is 116 cm³/mol. The number of guanidine groups is 1. The number of nitrogens with one attached hydrogen (secondary N) is 2. The summed E-state index contributed by atoms with van der Waals surface area (Å²) in [5, 5.41) is 6.63. The van der Waals surface area contributed by atoms with E-state index in [4.69, 9.17) is 4.74 Å². The summed E-state index contributed by atoms with van der Waals surface area (Å²) >= 11 is 0. The maximum Gasteiger partial charge on any atom is 0.191 e. The average molecular weight is 478 g/mol. The van der Waals surface area contributed by atoms with Gasteiger partial charge in [-0.25, -0.2) is 9.38 Å². The van der Waals surface area contributed by atoms with Crippen molar-refractivity contribution in [2.45, 2.75) is 33.2 Å². The predicted octanol–water partition coefficient (Wildman–Crippen LogP) is 2.92. The maximum atomic E-state index is 13.3. The van der Waals surface area contributed by atoms with Crippen molar-refractivity contribution in [3.63, 3.8) is 0 Å². The Labute approximate surface area is 173 Å². The highest BCUT2D eigenvalue weighted by molar-refractivity contribution is 14.0. The second-order valence-electron chi connectivity index (χ2n) is 6.37. The van der Waals surface area contributed by atoms with E-state index in [0.29, 0.717) is 12.1 Å². The summed E-state index contributed by atoms with van der Waals surface area (Å²) in [4.78, 5) is 7.05. The van der Waals surface area contributed by atoms with Crippen LogP contribution < -0.4 is 10.6 Å². The molecule has 0 saturated carbocycles. The highest BCUT2D eigenvalue weighted by atomic mass is 127. The minimum Gasteiger partial charge on any atom is -0.379 e. The van der Waals surface area contributed by atoms with Gasteiger partial charge in [0.1, 0.15) is 5.82 Å². The van der Waals surface area contributed by atoms with Crippen LogP contribution in [0.4, 0.5) is 4.39 Å². The molecule has 1 saturated heterocycles. The van der Waals surface area contributed by atoms with Gasteiger partial charge in [0.25, 0.3) is 0 Å². The zero-order valence-corrected chi connectivity index (χ0v) is 18.2.